The Morgan fingerprint density at radius 3 is 2.75 bits per heavy atom. The molecule has 1 saturated carbocycles. The molecule has 0 aromatic rings. The smallest absolute Gasteiger partial charge is 0.103 e. The van der Waals surface area contributed by atoms with Crippen LogP contribution in [0.15, 0.2) is 11.8 Å². The van der Waals surface area contributed by atoms with E-state index in [1.165, 1.54) is 54.9 Å². The van der Waals surface area contributed by atoms with Gasteiger partial charge in [-0.05, 0) is 37.7 Å². The van der Waals surface area contributed by atoms with Crippen LogP contribution in [0.4, 0.5) is 0 Å². The summed E-state index contributed by atoms with van der Waals surface area (Å²) in [4.78, 5) is 0. The number of hydrogen-bond acceptors (Lipinski definition) is 3. The van der Waals surface area contributed by atoms with Gasteiger partial charge in [0.05, 0.1) is 11.0 Å². The second kappa shape index (κ2) is 6.25. The molecule has 1 aliphatic heterocycles. The summed E-state index contributed by atoms with van der Waals surface area (Å²) in [7, 11) is 0. The van der Waals surface area contributed by atoms with Gasteiger partial charge in [-0.3, -0.25) is 0 Å². The van der Waals surface area contributed by atoms with Gasteiger partial charge in [0.15, 0.2) is 0 Å². The molecular formula is C13H22OS2. The molecule has 92 valence electrons. The maximum absolute atomic E-state index is 5.86. The van der Waals surface area contributed by atoms with E-state index in [1.807, 2.05) is 0 Å². The van der Waals surface area contributed by atoms with E-state index in [4.69, 9.17) is 4.74 Å². The van der Waals surface area contributed by atoms with Gasteiger partial charge < -0.3 is 4.74 Å². The van der Waals surface area contributed by atoms with Crippen LogP contribution in [-0.2, 0) is 4.74 Å². The number of hydrogen-bond donors (Lipinski definition) is 0. The lowest BCUT2D eigenvalue weighted by atomic mass is 10.1. The molecular weight excluding hydrogens is 236 g/mol. The molecule has 1 nitrogen and oxygen atoms in total. The Bertz CT molecular complexity index is 236. The summed E-state index contributed by atoms with van der Waals surface area (Å²) in [6.45, 7) is 3.20. The van der Waals surface area contributed by atoms with Crippen molar-refractivity contribution in [3.63, 3.8) is 0 Å². The van der Waals surface area contributed by atoms with E-state index in [2.05, 4.69) is 36.7 Å². The van der Waals surface area contributed by atoms with E-state index >= 15 is 0 Å². The van der Waals surface area contributed by atoms with E-state index in [0.717, 1.165) is 6.61 Å². The zero-order valence-corrected chi connectivity index (χ0v) is 11.8. The Morgan fingerprint density at radius 2 is 2.12 bits per heavy atom. The van der Waals surface area contributed by atoms with Crippen molar-refractivity contribution in [2.45, 2.75) is 43.8 Å². The van der Waals surface area contributed by atoms with Crippen LogP contribution in [0.1, 0.15) is 39.0 Å². The number of ether oxygens (including phenoxy) is 1. The van der Waals surface area contributed by atoms with Gasteiger partial charge in [0.1, 0.15) is 6.61 Å². The fourth-order valence-corrected chi connectivity index (χ4v) is 5.25. The van der Waals surface area contributed by atoms with Crippen molar-refractivity contribution >= 4 is 23.5 Å². The Balaban J connectivity index is 1.79. The molecule has 1 aliphatic carbocycles. The molecule has 0 bridgehead atoms. The molecule has 1 atom stereocenters. The molecule has 2 fully saturated rings. The third-order valence-electron chi connectivity index (χ3n) is 3.49. The summed E-state index contributed by atoms with van der Waals surface area (Å²) in [5.41, 5.74) is 1.53. The first-order valence-electron chi connectivity index (χ1n) is 6.36. The van der Waals surface area contributed by atoms with Crippen LogP contribution in [0, 0.1) is 0 Å². The minimum absolute atomic E-state index is 0.387. The molecule has 1 saturated heterocycles. The van der Waals surface area contributed by atoms with Crippen molar-refractivity contribution in [2.24, 2.45) is 0 Å². The quantitative estimate of drug-likeness (QED) is 0.703. The molecule has 0 spiro atoms. The molecule has 1 heterocycles. The van der Waals surface area contributed by atoms with E-state index in [-0.39, 0.29) is 0 Å². The van der Waals surface area contributed by atoms with Crippen molar-refractivity contribution in [1.82, 2.24) is 0 Å². The number of thioether (sulfide) groups is 2. The Hall–Kier alpha value is 0.240. The standard InChI is InChI=1S/C13H22OS2/c1-2-13(11-15-7-8-16-13)10-14-9-12-5-3-4-6-12/h9H,2-8,10-11H2,1H3. The normalized spacial score (nSPS) is 30.4. The van der Waals surface area contributed by atoms with E-state index < -0.39 is 0 Å². The monoisotopic (exact) mass is 258 g/mol. The topological polar surface area (TPSA) is 9.23 Å². The lowest BCUT2D eigenvalue weighted by molar-refractivity contribution is 0.215. The zero-order valence-electron chi connectivity index (χ0n) is 10.2. The highest BCUT2D eigenvalue weighted by molar-refractivity contribution is 8.07. The molecule has 0 aromatic carbocycles. The van der Waals surface area contributed by atoms with Crippen LogP contribution in [-0.4, -0.2) is 28.6 Å². The molecule has 0 amide bonds. The van der Waals surface area contributed by atoms with E-state index in [9.17, 15) is 0 Å². The Labute approximate surface area is 108 Å². The summed E-state index contributed by atoms with van der Waals surface area (Å²) in [6.07, 6.45) is 8.54. The maximum atomic E-state index is 5.86. The van der Waals surface area contributed by atoms with E-state index in [1.54, 1.807) is 0 Å². The summed E-state index contributed by atoms with van der Waals surface area (Å²) < 4.78 is 6.24. The fraction of sp³-hybridized carbons (Fsp3) is 0.846. The zero-order chi connectivity index (χ0) is 11.3. The molecule has 16 heavy (non-hydrogen) atoms. The van der Waals surface area contributed by atoms with Crippen LogP contribution in [0.3, 0.4) is 0 Å². The Kier molecular flexibility index (Phi) is 4.96. The number of rotatable bonds is 4. The summed E-state index contributed by atoms with van der Waals surface area (Å²) in [6, 6.07) is 0. The summed E-state index contributed by atoms with van der Waals surface area (Å²) >= 11 is 4.21. The van der Waals surface area contributed by atoms with Crippen LogP contribution >= 0.6 is 23.5 Å². The molecule has 3 heteroatoms. The van der Waals surface area contributed by atoms with Gasteiger partial charge in [0.2, 0.25) is 0 Å². The molecule has 2 rings (SSSR count). The van der Waals surface area contributed by atoms with Crippen LogP contribution < -0.4 is 0 Å². The first-order chi connectivity index (χ1) is 7.85. The minimum atomic E-state index is 0.387. The SMILES string of the molecule is CCC1(COC=C2CCCC2)CSCCS1. The van der Waals surface area contributed by atoms with Crippen molar-refractivity contribution in [2.75, 3.05) is 23.9 Å². The van der Waals surface area contributed by atoms with Gasteiger partial charge in [0.25, 0.3) is 0 Å². The van der Waals surface area contributed by atoms with Gasteiger partial charge in [-0.1, -0.05) is 6.92 Å². The van der Waals surface area contributed by atoms with Crippen LogP contribution in [0.5, 0.6) is 0 Å². The highest BCUT2D eigenvalue weighted by Gasteiger charge is 2.32. The second-order valence-corrected chi connectivity index (χ2v) is 7.40. The number of allylic oxidation sites excluding steroid dienone is 1. The predicted molar refractivity (Wildman–Crippen MR) is 75.3 cm³/mol. The second-order valence-electron chi connectivity index (χ2n) is 4.73. The first-order valence-corrected chi connectivity index (χ1v) is 8.50. The fourth-order valence-electron chi connectivity index (χ4n) is 2.26. The molecule has 0 radical (unpaired) electrons. The Morgan fingerprint density at radius 1 is 1.31 bits per heavy atom. The largest absolute Gasteiger partial charge is 0.500 e. The van der Waals surface area contributed by atoms with Crippen LogP contribution in [0.2, 0.25) is 0 Å². The highest BCUT2D eigenvalue weighted by Crippen LogP contribution is 2.38. The van der Waals surface area contributed by atoms with Crippen molar-refractivity contribution in [3.05, 3.63) is 11.8 Å². The van der Waals surface area contributed by atoms with E-state index in [0.29, 0.717) is 4.75 Å². The lowest BCUT2D eigenvalue weighted by Crippen LogP contribution is -2.36. The van der Waals surface area contributed by atoms with Gasteiger partial charge in [-0.2, -0.15) is 11.8 Å². The first kappa shape index (κ1) is 12.7. The average Bonchev–Trinajstić information content (AvgIpc) is 2.83. The van der Waals surface area contributed by atoms with Gasteiger partial charge >= 0.3 is 0 Å². The van der Waals surface area contributed by atoms with Gasteiger partial charge in [-0.15, -0.1) is 11.8 Å². The molecule has 1 unspecified atom stereocenters. The molecule has 2 aliphatic rings. The van der Waals surface area contributed by atoms with Gasteiger partial charge in [-0.25, -0.2) is 0 Å². The minimum Gasteiger partial charge on any atom is -0.500 e. The maximum Gasteiger partial charge on any atom is 0.103 e. The summed E-state index contributed by atoms with van der Waals surface area (Å²) in [5, 5.41) is 0. The third kappa shape index (κ3) is 3.36. The molecule has 0 N–H and O–H groups in total. The predicted octanol–water partition coefficient (Wildman–Crippen LogP) is 4.09. The van der Waals surface area contributed by atoms with Crippen LogP contribution in [0.25, 0.3) is 0 Å². The van der Waals surface area contributed by atoms with Crippen molar-refractivity contribution in [3.8, 4) is 0 Å². The lowest BCUT2D eigenvalue weighted by Gasteiger charge is -2.34. The average molecular weight is 258 g/mol. The van der Waals surface area contributed by atoms with Gasteiger partial charge in [0, 0.05) is 17.3 Å². The molecule has 0 aromatic heterocycles. The van der Waals surface area contributed by atoms with Crippen molar-refractivity contribution in [1.29, 1.82) is 0 Å². The summed E-state index contributed by atoms with van der Waals surface area (Å²) in [5.74, 6) is 3.86. The highest BCUT2D eigenvalue weighted by atomic mass is 32.2. The van der Waals surface area contributed by atoms with Crippen molar-refractivity contribution < 1.29 is 4.74 Å². The third-order valence-corrected chi connectivity index (χ3v) is 6.75.